The molecule has 6 aromatic carbocycles. The van der Waals surface area contributed by atoms with E-state index in [2.05, 4.69) is 168 Å². The molecule has 4 nitrogen and oxygen atoms in total. The molecule has 0 fully saturated rings. The average molecular weight is 615 g/mol. The van der Waals surface area contributed by atoms with Gasteiger partial charge in [0.05, 0.1) is 28.8 Å². The summed E-state index contributed by atoms with van der Waals surface area (Å²) >= 11 is 0. The van der Waals surface area contributed by atoms with E-state index in [0.29, 0.717) is 0 Å². The summed E-state index contributed by atoms with van der Waals surface area (Å²) < 4.78 is 13.4. The number of hydrogen-bond acceptors (Lipinski definition) is 4. The number of benzene rings is 6. The van der Waals surface area contributed by atoms with Crippen molar-refractivity contribution in [3.05, 3.63) is 180 Å². The SMILES string of the molecule is C1=C2B3c4cccc5c4N(C2=C(c2ccccc2)C=C(c2ccccc2)C1N1c2ccccc2Oc2cccc3c21)c1ccccc1O5. The van der Waals surface area contributed by atoms with Gasteiger partial charge in [-0.3, -0.25) is 0 Å². The Hall–Kier alpha value is -6.20. The van der Waals surface area contributed by atoms with Crippen LogP contribution in [0.25, 0.3) is 11.1 Å². The molecule has 48 heavy (non-hydrogen) atoms. The van der Waals surface area contributed by atoms with E-state index in [-0.39, 0.29) is 12.8 Å². The molecule has 6 aromatic rings. The smallest absolute Gasteiger partial charge is 0.249 e. The van der Waals surface area contributed by atoms with Crippen molar-refractivity contribution < 1.29 is 9.47 Å². The second-order valence-electron chi connectivity index (χ2n) is 12.8. The van der Waals surface area contributed by atoms with Crippen molar-refractivity contribution in [2.24, 2.45) is 0 Å². The summed E-state index contributed by atoms with van der Waals surface area (Å²) in [7, 11) is 0. The molecule has 1 aliphatic carbocycles. The van der Waals surface area contributed by atoms with Gasteiger partial charge in [0, 0.05) is 11.3 Å². The first-order chi connectivity index (χ1) is 23.8. The summed E-state index contributed by atoms with van der Waals surface area (Å²) in [5, 5.41) is 0. The number of anilines is 4. The van der Waals surface area contributed by atoms with Gasteiger partial charge in [-0.2, -0.15) is 0 Å². The monoisotopic (exact) mass is 614 g/mol. The first-order valence-corrected chi connectivity index (χ1v) is 16.5. The number of fused-ring (bicyclic) bond motifs is 9. The Morgan fingerprint density at radius 3 is 1.79 bits per heavy atom. The lowest BCUT2D eigenvalue weighted by Crippen LogP contribution is -2.53. The molecule has 1 unspecified atom stereocenters. The molecule has 0 amide bonds. The van der Waals surface area contributed by atoms with Crippen molar-refractivity contribution in [1.82, 2.24) is 0 Å². The molecule has 0 spiro atoms. The Morgan fingerprint density at radius 1 is 0.500 bits per heavy atom. The van der Waals surface area contributed by atoms with Gasteiger partial charge in [0.25, 0.3) is 0 Å². The largest absolute Gasteiger partial charge is 0.453 e. The van der Waals surface area contributed by atoms with Crippen LogP contribution in [-0.2, 0) is 0 Å². The van der Waals surface area contributed by atoms with Crippen LogP contribution in [0.4, 0.5) is 22.7 Å². The van der Waals surface area contributed by atoms with Gasteiger partial charge in [-0.25, -0.2) is 0 Å². The van der Waals surface area contributed by atoms with Crippen molar-refractivity contribution in [3.8, 4) is 23.0 Å². The number of rotatable bonds is 2. The molecule has 1 atom stereocenters. The van der Waals surface area contributed by atoms with Crippen molar-refractivity contribution in [2.45, 2.75) is 6.04 Å². The van der Waals surface area contributed by atoms with E-state index < -0.39 is 0 Å². The van der Waals surface area contributed by atoms with Crippen LogP contribution in [-0.4, -0.2) is 12.8 Å². The van der Waals surface area contributed by atoms with Crippen LogP contribution in [0.2, 0.25) is 0 Å². The number of para-hydroxylation sites is 6. The zero-order valence-corrected chi connectivity index (χ0v) is 25.9. The molecule has 0 N–H and O–H groups in total. The van der Waals surface area contributed by atoms with E-state index in [1.54, 1.807) is 0 Å². The highest BCUT2D eigenvalue weighted by atomic mass is 16.5. The topological polar surface area (TPSA) is 24.9 Å². The highest BCUT2D eigenvalue weighted by molar-refractivity contribution is 6.94. The molecule has 0 radical (unpaired) electrons. The number of hydrogen-bond donors (Lipinski definition) is 0. The van der Waals surface area contributed by atoms with Crippen molar-refractivity contribution >= 4 is 51.5 Å². The second kappa shape index (κ2) is 9.66. The van der Waals surface area contributed by atoms with E-state index in [1.165, 1.54) is 44.4 Å². The van der Waals surface area contributed by atoms with Crippen molar-refractivity contribution in [3.63, 3.8) is 0 Å². The maximum atomic E-state index is 6.71. The third-order valence-corrected chi connectivity index (χ3v) is 10.3. The van der Waals surface area contributed by atoms with Gasteiger partial charge in [-0.15, -0.1) is 0 Å². The average Bonchev–Trinajstić information content (AvgIpc) is 3.41. The van der Waals surface area contributed by atoms with Gasteiger partial charge >= 0.3 is 0 Å². The fourth-order valence-electron chi connectivity index (χ4n) is 8.40. The lowest BCUT2D eigenvalue weighted by molar-refractivity contribution is 0.473. The van der Waals surface area contributed by atoms with Crippen LogP contribution >= 0.6 is 0 Å². The third-order valence-electron chi connectivity index (χ3n) is 10.3. The molecule has 224 valence electrons. The summed E-state index contributed by atoms with van der Waals surface area (Å²) in [5.74, 6) is 3.46. The minimum Gasteiger partial charge on any atom is -0.453 e. The predicted octanol–water partition coefficient (Wildman–Crippen LogP) is 9.15. The van der Waals surface area contributed by atoms with Crippen LogP contribution < -0.4 is 30.2 Å². The Morgan fingerprint density at radius 2 is 1.06 bits per heavy atom. The Bertz CT molecular complexity index is 2430. The lowest BCUT2D eigenvalue weighted by atomic mass is 9.33. The Balaban J connectivity index is 1.34. The summed E-state index contributed by atoms with van der Waals surface area (Å²) in [6, 6.07) is 51.6. The summed E-state index contributed by atoms with van der Waals surface area (Å²) in [6.07, 6.45) is 4.98. The van der Waals surface area contributed by atoms with Gasteiger partial charge < -0.3 is 19.3 Å². The maximum absolute atomic E-state index is 6.71. The van der Waals surface area contributed by atoms with E-state index in [4.69, 9.17) is 9.47 Å². The number of ether oxygens (including phenoxy) is 2. The fourth-order valence-corrected chi connectivity index (χ4v) is 8.40. The molecule has 5 heteroatoms. The molecule has 5 aliphatic rings. The standard InChI is InChI=1S/C43H27BN2O2/c1-3-13-27(14-4-1)29-25-30(28-15-5-2-6-16-28)41-33-26-36(29)45-34-19-7-9-21-37(34)47-39-23-11-17-31(42(39)45)44(33)32-18-12-24-40-43(32)46(41)35-20-8-10-22-38(35)48-40/h1-26,36H. The summed E-state index contributed by atoms with van der Waals surface area (Å²) in [5.41, 5.74) is 14.0. The summed E-state index contributed by atoms with van der Waals surface area (Å²) in [4.78, 5) is 5.00. The molecule has 4 aliphatic heterocycles. The molecule has 0 saturated heterocycles. The van der Waals surface area contributed by atoms with Crippen LogP contribution in [0.15, 0.2) is 169 Å². The summed E-state index contributed by atoms with van der Waals surface area (Å²) in [6.45, 7) is -0.0568. The predicted molar refractivity (Wildman–Crippen MR) is 195 cm³/mol. The zero-order chi connectivity index (χ0) is 31.3. The van der Waals surface area contributed by atoms with Gasteiger partial charge in [-0.1, -0.05) is 115 Å². The zero-order valence-electron chi connectivity index (χ0n) is 25.9. The molecule has 4 heterocycles. The van der Waals surface area contributed by atoms with Crippen LogP contribution in [0.3, 0.4) is 0 Å². The molecular weight excluding hydrogens is 587 g/mol. The Kier molecular flexibility index (Phi) is 5.22. The normalized spacial score (nSPS) is 17.3. The van der Waals surface area contributed by atoms with Crippen molar-refractivity contribution in [1.29, 1.82) is 0 Å². The minimum atomic E-state index is -0.116. The van der Waals surface area contributed by atoms with Crippen LogP contribution in [0.5, 0.6) is 23.0 Å². The van der Waals surface area contributed by atoms with Gasteiger partial charge in [0.1, 0.15) is 0 Å². The quantitative estimate of drug-likeness (QED) is 0.182. The van der Waals surface area contributed by atoms with Crippen LogP contribution in [0, 0.1) is 0 Å². The third kappa shape index (κ3) is 3.45. The van der Waals surface area contributed by atoms with E-state index in [0.717, 1.165) is 45.7 Å². The highest BCUT2D eigenvalue weighted by Gasteiger charge is 2.49. The molecule has 0 saturated carbocycles. The van der Waals surface area contributed by atoms with E-state index in [1.807, 2.05) is 0 Å². The first-order valence-electron chi connectivity index (χ1n) is 16.5. The molecule has 0 aromatic heterocycles. The van der Waals surface area contributed by atoms with Crippen LogP contribution in [0.1, 0.15) is 11.1 Å². The second-order valence-corrected chi connectivity index (χ2v) is 12.8. The molecular formula is C43H27BN2O2. The fraction of sp³-hybridized carbons (Fsp3) is 0.0233. The van der Waals surface area contributed by atoms with Gasteiger partial charge in [0.15, 0.2) is 23.0 Å². The van der Waals surface area contributed by atoms with Gasteiger partial charge in [-0.05, 0) is 75.6 Å². The maximum Gasteiger partial charge on any atom is 0.249 e. The first kappa shape index (κ1) is 25.9. The lowest BCUT2D eigenvalue weighted by Gasteiger charge is -2.43. The molecule has 11 rings (SSSR count). The highest BCUT2D eigenvalue weighted by Crippen LogP contribution is 2.57. The van der Waals surface area contributed by atoms with E-state index in [9.17, 15) is 0 Å². The van der Waals surface area contributed by atoms with Gasteiger partial charge in [0.2, 0.25) is 6.71 Å². The van der Waals surface area contributed by atoms with E-state index >= 15 is 0 Å². The number of nitrogens with zero attached hydrogens (tertiary/aromatic N) is 2. The molecule has 2 bridgehead atoms. The van der Waals surface area contributed by atoms with Crippen molar-refractivity contribution in [2.75, 3.05) is 9.80 Å². The minimum absolute atomic E-state index is 0.0568. The number of allylic oxidation sites excluding steroid dienone is 3. The Labute approximate surface area is 279 Å².